The van der Waals surface area contributed by atoms with Gasteiger partial charge in [0.1, 0.15) is 5.84 Å². The number of fused-ring (bicyclic) bond motifs is 2. The summed E-state index contributed by atoms with van der Waals surface area (Å²) >= 11 is 0. The molecule has 7 heteroatoms. The Balaban J connectivity index is 1.24. The summed E-state index contributed by atoms with van der Waals surface area (Å²) < 4.78 is 5.31. The predicted molar refractivity (Wildman–Crippen MR) is 114 cm³/mol. The molecule has 0 unspecified atom stereocenters. The molecule has 1 aliphatic heterocycles. The zero-order valence-corrected chi connectivity index (χ0v) is 15.8. The van der Waals surface area contributed by atoms with Gasteiger partial charge in [-0.05, 0) is 72.9 Å². The summed E-state index contributed by atoms with van der Waals surface area (Å²) in [5.74, 6) is 0.996. The average Bonchev–Trinajstić information content (AvgIpc) is 3.38. The van der Waals surface area contributed by atoms with E-state index in [1.807, 2.05) is 35.2 Å². The molecule has 0 bridgehead atoms. The van der Waals surface area contributed by atoms with Crippen LogP contribution in [-0.2, 0) is 12.8 Å². The molecule has 2 amide bonds. The summed E-state index contributed by atoms with van der Waals surface area (Å²) in [7, 11) is 0. The zero-order valence-electron chi connectivity index (χ0n) is 15.8. The van der Waals surface area contributed by atoms with E-state index in [4.69, 9.17) is 9.83 Å². The van der Waals surface area contributed by atoms with Crippen LogP contribution >= 0.6 is 0 Å². The van der Waals surface area contributed by atoms with Crippen molar-refractivity contribution in [2.75, 3.05) is 27.5 Å². The Kier molecular flexibility index (Phi) is 4.20. The molecule has 2 aliphatic rings. The second kappa shape index (κ2) is 7.01. The minimum atomic E-state index is -0.272. The lowest BCUT2D eigenvalue weighted by molar-refractivity contribution is 0.262. The molecule has 0 spiro atoms. The number of urea groups is 1. The van der Waals surface area contributed by atoms with Crippen LogP contribution in [0.1, 0.15) is 23.1 Å². The van der Waals surface area contributed by atoms with Gasteiger partial charge in [-0.1, -0.05) is 6.07 Å². The first-order chi connectivity index (χ1) is 14.2. The lowest BCUT2D eigenvalue weighted by Gasteiger charge is -2.29. The van der Waals surface area contributed by atoms with E-state index >= 15 is 0 Å². The van der Waals surface area contributed by atoms with E-state index in [-0.39, 0.29) is 6.03 Å². The Morgan fingerprint density at radius 3 is 2.62 bits per heavy atom. The van der Waals surface area contributed by atoms with Crippen molar-refractivity contribution < 1.29 is 9.21 Å². The molecule has 29 heavy (non-hydrogen) atoms. The van der Waals surface area contributed by atoms with Gasteiger partial charge in [-0.25, -0.2) is 4.79 Å². The van der Waals surface area contributed by atoms with E-state index in [1.165, 1.54) is 17.5 Å². The highest BCUT2D eigenvalue weighted by Crippen LogP contribution is 2.28. The minimum absolute atomic E-state index is 0.272. The summed E-state index contributed by atoms with van der Waals surface area (Å²) in [4.78, 5) is 14.2. The smallest absolute Gasteiger partial charge is 0.323 e. The first-order valence-electron chi connectivity index (χ1n) is 9.65. The quantitative estimate of drug-likeness (QED) is 0.527. The molecule has 4 N–H and O–H groups in total. The van der Waals surface area contributed by atoms with Crippen LogP contribution in [-0.4, -0.2) is 18.5 Å². The normalized spacial score (nSPS) is 14.8. The van der Waals surface area contributed by atoms with Gasteiger partial charge in [0, 0.05) is 17.1 Å². The lowest BCUT2D eigenvalue weighted by Crippen LogP contribution is -2.39. The van der Waals surface area contributed by atoms with Crippen molar-refractivity contribution in [1.82, 2.24) is 0 Å². The number of amides is 2. The predicted octanol–water partition coefficient (Wildman–Crippen LogP) is 4.63. The maximum atomic E-state index is 12.3. The highest BCUT2D eigenvalue weighted by Gasteiger charge is 2.24. The van der Waals surface area contributed by atoms with Crippen molar-refractivity contribution in [3.8, 4) is 0 Å². The second-order valence-corrected chi connectivity index (χ2v) is 7.24. The van der Waals surface area contributed by atoms with Gasteiger partial charge in [0.05, 0.1) is 18.5 Å². The molecule has 1 aromatic heterocycles. The number of aryl methyl sites for hydroxylation is 2. The van der Waals surface area contributed by atoms with Crippen LogP contribution in [0.4, 0.5) is 27.7 Å². The number of nitrogens with zero attached hydrogens (tertiary/aromatic N) is 1. The third kappa shape index (κ3) is 3.31. The summed E-state index contributed by atoms with van der Waals surface area (Å²) in [5, 5.41) is 17.3. The fourth-order valence-electron chi connectivity index (χ4n) is 3.90. The maximum absolute atomic E-state index is 12.3. The second-order valence-electron chi connectivity index (χ2n) is 7.24. The fraction of sp³-hybridized carbons (Fsp3) is 0.182. The first-order valence-corrected chi connectivity index (χ1v) is 9.65. The monoisotopic (exact) mass is 387 g/mol. The molecule has 7 nitrogen and oxygen atoms in total. The number of amidine groups is 1. The first kappa shape index (κ1) is 17.4. The molecule has 5 rings (SSSR count). The molecule has 0 saturated heterocycles. The molecule has 2 aromatic carbocycles. The standard InChI is InChI=1S/C22H21N5O2/c23-20-19-10-11-29-21(19)24-13-27(20)18-8-6-16(7-9-18)25-22(28)26-17-5-4-14-2-1-3-15(14)12-17/h4-12,23-24H,1-3,13H2,(H2,25,26,28). The van der Waals surface area contributed by atoms with Crippen LogP contribution < -0.4 is 20.9 Å². The van der Waals surface area contributed by atoms with Crippen LogP contribution in [0.2, 0.25) is 0 Å². The Labute approximate surface area is 168 Å². The Bertz CT molecular complexity index is 1090. The Morgan fingerprint density at radius 2 is 1.76 bits per heavy atom. The van der Waals surface area contributed by atoms with Gasteiger partial charge in [-0.3, -0.25) is 5.41 Å². The molecular weight excluding hydrogens is 366 g/mol. The molecule has 0 radical (unpaired) electrons. The van der Waals surface area contributed by atoms with E-state index in [0.717, 1.165) is 29.8 Å². The van der Waals surface area contributed by atoms with E-state index in [0.29, 0.717) is 24.1 Å². The molecule has 0 atom stereocenters. The number of benzene rings is 2. The Hall–Kier alpha value is -3.74. The van der Waals surface area contributed by atoms with E-state index in [2.05, 4.69) is 28.1 Å². The van der Waals surface area contributed by atoms with Crippen molar-refractivity contribution in [1.29, 1.82) is 5.41 Å². The summed E-state index contributed by atoms with van der Waals surface area (Å²) in [6.45, 7) is 0.449. The van der Waals surface area contributed by atoms with Crippen LogP contribution in [0.3, 0.4) is 0 Å². The zero-order chi connectivity index (χ0) is 19.8. The van der Waals surface area contributed by atoms with Crippen molar-refractivity contribution in [3.05, 3.63) is 71.5 Å². The number of anilines is 4. The average molecular weight is 387 g/mol. The van der Waals surface area contributed by atoms with Crippen LogP contribution in [0.5, 0.6) is 0 Å². The van der Waals surface area contributed by atoms with E-state index in [1.54, 1.807) is 12.3 Å². The summed E-state index contributed by atoms with van der Waals surface area (Å²) in [6.07, 6.45) is 4.96. The third-order valence-electron chi connectivity index (χ3n) is 5.38. The molecule has 3 aromatic rings. The van der Waals surface area contributed by atoms with Gasteiger partial charge in [0.15, 0.2) is 0 Å². The highest BCUT2D eigenvalue weighted by atomic mass is 16.3. The molecule has 2 heterocycles. The highest BCUT2D eigenvalue weighted by molar-refractivity contribution is 6.12. The molecule has 1 aliphatic carbocycles. The van der Waals surface area contributed by atoms with Gasteiger partial charge in [0.2, 0.25) is 5.88 Å². The summed E-state index contributed by atoms with van der Waals surface area (Å²) in [5.41, 5.74) is 5.79. The fourth-order valence-corrected chi connectivity index (χ4v) is 3.90. The van der Waals surface area contributed by atoms with Crippen molar-refractivity contribution in [3.63, 3.8) is 0 Å². The van der Waals surface area contributed by atoms with Gasteiger partial charge in [0.25, 0.3) is 0 Å². The molecule has 0 fully saturated rings. The van der Waals surface area contributed by atoms with E-state index in [9.17, 15) is 4.79 Å². The number of hydrogen-bond acceptors (Lipinski definition) is 4. The number of hydrogen-bond donors (Lipinski definition) is 4. The van der Waals surface area contributed by atoms with E-state index < -0.39 is 0 Å². The lowest BCUT2D eigenvalue weighted by atomic mass is 10.1. The van der Waals surface area contributed by atoms with Crippen molar-refractivity contribution in [2.24, 2.45) is 0 Å². The van der Waals surface area contributed by atoms with Gasteiger partial charge in [-0.2, -0.15) is 0 Å². The number of nitrogens with one attached hydrogen (secondary N) is 4. The largest absolute Gasteiger partial charge is 0.448 e. The molecule has 0 saturated carbocycles. The molecule has 146 valence electrons. The van der Waals surface area contributed by atoms with Crippen LogP contribution in [0.15, 0.2) is 59.2 Å². The number of carbonyl (C=O) groups excluding carboxylic acids is 1. The molecular formula is C22H21N5O2. The van der Waals surface area contributed by atoms with Gasteiger partial charge in [-0.15, -0.1) is 0 Å². The Morgan fingerprint density at radius 1 is 1.00 bits per heavy atom. The SMILES string of the molecule is N=C1c2ccoc2NCN1c1ccc(NC(=O)Nc2ccc3c(c2)CCC3)cc1. The van der Waals surface area contributed by atoms with Gasteiger partial charge >= 0.3 is 6.03 Å². The topological polar surface area (TPSA) is 93.4 Å². The van der Waals surface area contributed by atoms with Crippen LogP contribution in [0.25, 0.3) is 0 Å². The minimum Gasteiger partial charge on any atom is -0.448 e. The number of rotatable bonds is 3. The number of carbonyl (C=O) groups is 1. The van der Waals surface area contributed by atoms with Crippen LogP contribution in [0, 0.1) is 5.41 Å². The van der Waals surface area contributed by atoms with Gasteiger partial charge < -0.3 is 25.3 Å². The van der Waals surface area contributed by atoms with Crippen molar-refractivity contribution in [2.45, 2.75) is 19.3 Å². The summed E-state index contributed by atoms with van der Waals surface area (Å²) in [6, 6.07) is 15.0. The maximum Gasteiger partial charge on any atom is 0.323 e. The third-order valence-corrected chi connectivity index (χ3v) is 5.38. The number of furan rings is 1. The van der Waals surface area contributed by atoms with Crippen molar-refractivity contribution >= 4 is 34.8 Å².